The van der Waals surface area contributed by atoms with Crippen LogP contribution in [0.2, 0.25) is 0 Å². The van der Waals surface area contributed by atoms with Crippen LogP contribution in [0.15, 0.2) is 4.99 Å². The molecule has 1 fully saturated rings. The molecule has 18 heavy (non-hydrogen) atoms. The minimum Gasteiger partial charge on any atom is -0.383 e. The van der Waals surface area contributed by atoms with Crippen LogP contribution in [-0.2, 0) is 4.74 Å². The monoisotopic (exact) mass is 257 g/mol. The predicted molar refractivity (Wildman–Crippen MR) is 74.3 cm³/mol. The highest BCUT2D eigenvalue weighted by molar-refractivity contribution is 5.79. The van der Waals surface area contributed by atoms with Gasteiger partial charge in [0.05, 0.1) is 6.61 Å². The summed E-state index contributed by atoms with van der Waals surface area (Å²) in [5.74, 6) is 6.60. The molecule has 0 bridgehead atoms. The number of hydrogen-bond acceptors (Lipinski definition) is 4. The molecule has 0 spiro atoms. The van der Waals surface area contributed by atoms with Gasteiger partial charge >= 0.3 is 0 Å². The lowest BCUT2D eigenvalue weighted by Gasteiger charge is -2.19. The van der Waals surface area contributed by atoms with Crippen LogP contribution < -0.4 is 16.6 Å². The number of nitrogens with one attached hydrogen (secondary N) is 2. The maximum Gasteiger partial charge on any atom is 0.205 e. The molecular weight excluding hydrogens is 230 g/mol. The van der Waals surface area contributed by atoms with Gasteiger partial charge in [-0.05, 0) is 31.8 Å². The number of methoxy groups -OCH3 is 1. The Morgan fingerprint density at radius 3 is 2.78 bits per heavy atom. The number of hydrogen-bond donors (Lipinski definition) is 3. The molecule has 1 atom stereocenters. The minimum atomic E-state index is 0.552. The van der Waals surface area contributed by atoms with Crippen molar-refractivity contribution in [3.8, 4) is 0 Å². The van der Waals surface area contributed by atoms with Crippen molar-refractivity contribution in [2.45, 2.75) is 19.8 Å². The molecule has 6 nitrogen and oxygen atoms in total. The first-order chi connectivity index (χ1) is 8.76. The minimum absolute atomic E-state index is 0.552. The van der Waals surface area contributed by atoms with E-state index in [1.165, 1.54) is 25.9 Å². The summed E-state index contributed by atoms with van der Waals surface area (Å²) in [6.07, 6.45) is 2.67. The Hall–Kier alpha value is -0.850. The summed E-state index contributed by atoms with van der Waals surface area (Å²) in [6.45, 7) is 7.97. The Labute approximate surface area is 110 Å². The molecule has 106 valence electrons. The maximum atomic E-state index is 5.41. The number of rotatable bonds is 7. The number of guanidine groups is 1. The number of aliphatic imine (C=N–C) groups is 1. The fourth-order valence-corrected chi connectivity index (χ4v) is 2.13. The van der Waals surface area contributed by atoms with Crippen LogP contribution in [-0.4, -0.2) is 57.3 Å². The summed E-state index contributed by atoms with van der Waals surface area (Å²) < 4.78 is 4.96. The molecule has 0 radical (unpaired) electrons. The highest BCUT2D eigenvalue weighted by atomic mass is 16.5. The molecule has 1 aliphatic rings. The number of nitrogens with zero attached hydrogens (tertiary/aromatic N) is 2. The van der Waals surface area contributed by atoms with Gasteiger partial charge in [-0.2, -0.15) is 0 Å². The van der Waals surface area contributed by atoms with Crippen LogP contribution in [0.3, 0.4) is 0 Å². The van der Waals surface area contributed by atoms with E-state index in [0.29, 0.717) is 25.0 Å². The van der Waals surface area contributed by atoms with Gasteiger partial charge in [0, 0.05) is 26.7 Å². The lowest BCUT2D eigenvalue weighted by Crippen LogP contribution is -2.43. The van der Waals surface area contributed by atoms with Crippen molar-refractivity contribution >= 4 is 5.96 Å². The van der Waals surface area contributed by atoms with Crippen LogP contribution in [0.5, 0.6) is 0 Å². The van der Waals surface area contributed by atoms with E-state index in [4.69, 9.17) is 10.6 Å². The second kappa shape index (κ2) is 9.13. The number of hydrazine groups is 1. The Bertz CT molecular complexity index is 241. The highest BCUT2D eigenvalue weighted by Gasteiger charge is 2.14. The van der Waals surface area contributed by atoms with Crippen molar-refractivity contribution in [1.82, 2.24) is 15.6 Å². The lowest BCUT2D eigenvalue weighted by atomic mass is 10.2. The number of likely N-dealkylation sites (tertiary alicyclic amines) is 1. The van der Waals surface area contributed by atoms with Gasteiger partial charge in [0.15, 0.2) is 0 Å². The molecular formula is C12H27N5O. The summed E-state index contributed by atoms with van der Waals surface area (Å²) in [5, 5.41) is 3.09. The lowest BCUT2D eigenvalue weighted by molar-refractivity contribution is 0.203. The predicted octanol–water partition coefficient (Wildman–Crippen LogP) is -0.226. The molecule has 0 aliphatic carbocycles. The van der Waals surface area contributed by atoms with E-state index in [1.54, 1.807) is 7.11 Å². The van der Waals surface area contributed by atoms with Gasteiger partial charge < -0.3 is 15.0 Å². The second-order valence-corrected chi connectivity index (χ2v) is 4.87. The van der Waals surface area contributed by atoms with Gasteiger partial charge in [0.2, 0.25) is 5.96 Å². The molecule has 0 aromatic rings. The molecule has 0 aromatic heterocycles. The quantitative estimate of drug-likeness (QED) is 0.193. The topological polar surface area (TPSA) is 74.9 Å². The van der Waals surface area contributed by atoms with Crippen LogP contribution in [0.1, 0.15) is 19.8 Å². The summed E-state index contributed by atoms with van der Waals surface area (Å²) >= 11 is 0. The van der Waals surface area contributed by atoms with Crippen molar-refractivity contribution in [2.24, 2.45) is 16.8 Å². The van der Waals surface area contributed by atoms with Gasteiger partial charge in [-0.1, -0.05) is 6.92 Å². The van der Waals surface area contributed by atoms with Gasteiger partial charge in [-0.15, -0.1) is 0 Å². The fraction of sp³-hybridized carbons (Fsp3) is 0.917. The molecule has 1 saturated heterocycles. The van der Waals surface area contributed by atoms with E-state index in [-0.39, 0.29) is 0 Å². The normalized spacial score (nSPS) is 18.9. The Morgan fingerprint density at radius 1 is 1.44 bits per heavy atom. The van der Waals surface area contributed by atoms with Crippen molar-refractivity contribution in [3.63, 3.8) is 0 Å². The molecule has 1 rings (SSSR count). The molecule has 1 heterocycles. The number of ether oxygens (including phenoxy) is 1. The molecule has 1 unspecified atom stereocenters. The van der Waals surface area contributed by atoms with E-state index in [0.717, 1.165) is 13.1 Å². The third kappa shape index (κ3) is 6.18. The Balaban J connectivity index is 2.21. The first kappa shape index (κ1) is 15.2. The van der Waals surface area contributed by atoms with E-state index in [9.17, 15) is 0 Å². The van der Waals surface area contributed by atoms with E-state index in [2.05, 4.69) is 27.6 Å². The van der Waals surface area contributed by atoms with Gasteiger partial charge in [0.1, 0.15) is 0 Å². The fourth-order valence-electron chi connectivity index (χ4n) is 2.13. The molecule has 0 amide bonds. The number of nitrogens with two attached hydrogens (primary N) is 1. The zero-order valence-electron chi connectivity index (χ0n) is 11.6. The zero-order valence-corrected chi connectivity index (χ0v) is 11.6. The first-order valence-corrected chi connectivity index (χ1v) is 6.72. The zero-order chi connectivity index (χ0) is 13.2. The molecule has 4 N–H and O–H groups in total. The summed E-state index contributed by atoms with van der Waals surface area (Å²) in [4.78, 5) is 6.95. The summed E-state index contributed by atoms with van der Waals surface area (Å²) in [6, 6.07) is 0. The van der Waals surface area contributed by atoms with Gasteiger partial charge in [-0.25, -0.2) is 5.84 Å². The van der Waals surface area contributed by atoms with Crippen molar-refractivity contribution < 1.29 is 4.74 Å². The molecule has 6 heteroatoms. The van der Waals surface area contributed by atoms with Crippen LogP contribution in [0.25, 0.3) is 0 Å². The van der Waals surface area contributed by atoms with Crippen LogP contribution in [0, 0.1) is 5.92 Å². The highest BCUT2D eigenvalue weighted by Crippen LogP contribution is 2.10. The standard InChI is InChI=1S/C12H27N5O/c1-11(10-17-6-3-4-7-17)9-15-12(16-13)14-5-8-18-2/h11H,3-10,13H2,1-2H3,(H2,14,15,16). The van der Waals surface area contributed by atoms with Gasteiger partial charge in [-0.3, -0.25) is 10.4 Å². The molecule has 1 aliphatic heterocycles. The third-order valence-corrected chi connectivity index (χ3v) is 3.06. The van der Waals surface area contributed by atoms with Crippen molar-refractivity contribution in [3.05, 3.63) is 0 Å². The van der Waals surface area contributed by atoms with Gasteiger partial charge in [0.25, 0.3) is 0 Å². The Kier molecular flexibility index (Phi) is 7.71. The summed E-state index contributed by atoms with van der Waals surface area (Å²) in [7, 11) is 1.67. The van der Waals surface area contributed by atoms with Crippen LogP contribution >= 0.6 is 0 Å². The average Bonchev–Trinajstić information content (AvgIpc) is 2.86. The maximum absolute atomic E-state index is 5.41. The largest absolute Gasteiger partial charge is 0.383 e. The second-order valence-electron chi connectivity index (χ2n) is 4.87. The van der Waals surface area contributed by atoms with E-state index in [1.807, 2.05) is 0 Å². The van der Waals surface area contributed by atoms with E-state index >= 15 is 0 Å². The third-order valence-electron chi connectivity index (χ3n) is 3.06. The van der Waals surface area contributed by atoms with Crippen molar-refractivity contribution in [1.29, 1.82) is 0 Å². The average molecular weight is 257 g/mol. The van der Waals surface area contributed by atoms with E-state index < -0.39 is 0 Å². The molecule has 0 aromatic carbocycles. The first-order valence-electron chi connectivity index (χ1n) is 6.72. The Morgan fingerprint density at radius 2 is 2.17 bits per heavy atom. The van der Waals surface area contributed by atoms with Crippen molar-refractivity contribution in [2.75, 3.05) is 46.4 Å². The SMILES string of the molecule is COCCNC(=NCC(C)CN1CCCC1)NN. The van der Waals surface area contributed by atoms with Crippen LogP contribution in [0.4, 0.5) is 0 Å². The smallest absolute Gasteiger partial charge is 0.205 e. The molecule has 0 saturated carbocycles. The summed E-state index contributed by atoms with van der Waals surface area (Å²) in [5.41, 5.74) is 2.58.